The van der Waals surface area contributed by atoms with Gasteiger partial charge >= 0.3 is 5.97 Å². The Bertz CT molecular complexity index is 184. The van der Waals surface area contributed by atoms with Gasteiger partial charge in [0.1, 0.15) is 0 Å². The molecule has 1 aliphatic rings. The molecule has 0 amide bonds. The summed E-state index contributed by atoms with van der Waals surface area (Å²) >= 11 is 1.89. The van der Waals surface area contributed by atoms with Crippen LogP contribution >= 0.6 is 11.8 Å². The maximum absolute atomic E-state index is 10.9. The van der Waals surface area contributed by atoms with Crippen LogP contribution in [0.4, 0.5) is 0 Å². The molecule has 1 aliphatic heterocycles. The average Bonchev–Trinajstić information content (AvgIpc) is 2.39. The number of rotatable bonds is 3. The third kappa shape index (κ3) is 3.88. The van der Waals surface area contributed by atoms with Crippen LogP contribution in [0.3, 0.4) is 0 Å². The molecule has 1 fully saturated rings. The van der Waals surface area contributed by atoms with E-state index in [-0.39, 0.29) is 18.0 Å². The van der Waals surface area contributed by atoms with Gasteiger partial charge in [0, 0.05) is 6.42 Å². The highest BCUT2D eigenvalue weighted by molar-refractivity contribution is 7.99. The van der Waals surface area contributed by atoms with Crippen LogP contribution in [0.5, 0.6) is 0 Å². The Balaban J connectivity index is 2.29. The van der Waals surface area contributed by atoms with Gasteiger partial charge in [-0.2, -0.15) is 11.8 Å². The van der Waals surface area contributed by atoms with E-state index in [1.54, 1.807) is 0 Å². The summed E-state index contributed by atoms with van der Waals surface area (Å²) in [4.78, 5) is 10.9. The number of aliphatic hydroxyl groups excluding tert-OH is 1. The fourth-order valence-corrected chi connectivity index (χ4v) is 2.79. The summed E-state index contributed by atoms with van der Waals surface area (Å²) in [7, 11) is 1.40. The van der Waals surface area contributed by atoms with E-state index < -0.39 is 0 Å². The third-order valence-corrected chi connectivity index (χ3v) is 3.73. The minimum Gasteiger partial charge on any atom is -0.469 e. The SMILES string of the molecule is COC(=O)CC[C@H]1CCSCC[C@H]1O. The molecule has 0 saturated carbocycles. The average molecular weight is 218 g/mol. The number of aliphatic hydroxyl groups is 1. The predicted octanol–water partition coefficient (Wildman–Crippen LogP) is 1.44. The van der Waals surface area contributed by atoms with E-state index in [9.17, 15) is 9.90 Å². The molecule has 82 valence electrons. The van der Waals surface area contributed by atoms with Crippen molar-refractivity contribution in [1.82, 2.24) is 0 Å². The van der Waals surface area contributed by atoms with Crippen LogP contribution in [0.25, 0.3) is 0 Å². The Morgan fingerprint density at radius 2 is 2.21 bits per heavy atom. The van der Waals surface area contributed by atoms with Crippen molar-refractivity contribution in [3.8, 4) is 0 Å². The quantitative estimate of drug-likeness (QED) is 0.728. The topological polar surface area (TPSA) is 46.5 Å². The Kier molecular flexibility index (Phi) is 5.33. The lowest BCUT2D eigenvalue weighted by Gasteiger charge is -2.18. The van der Waals surface area contributed by atoms with Crippen LogP contribution in [-0.4, -0.2) is 35.8 Å². The molecule has 14 heavy (non-hydrogen) atoms. The highest BCUT2D eigenvalue weighted by atomic mass is 32.2. The molecule has 1 rings (SSSR count). The van der Waals surface area contributed by atoms with Crippen molar-refractivity contribution < 1.29 is 14.6 Å². The first kappa shape index (κ1) is 11.9. The first-order valence-electron chi connectivity index (χ1n) is 5.06. The molecule has 0 aromatic carbocycles. The van der Waals surface area contributed by atoms with Gasteiger partial charge in [-0.15, -0.1) is 0 Å². The summed E-state index contributed by atoms with van der Waals surface area (Å²) in [5.41, 5.74) is 0. The largest absolute Gasteiger partial charge is 0.469 e. The van der Waals surface area contributed by atoms with Crippen molar-refractivity contribution in [2.24, 2.45) is 5.92 Å². The van der Waals surface area contributed by atoms with Crippen molar-refractivity contribution in [3.05, 3.63) is 0 Å². The molecular formula is C10H18O3S. The van der Waals surface area contributed by atoms with Crippen LogP contribution in [0.1, 0.15) is 25.7 Å². The second kappa shape index (κ2) is 6.30. The lowest BCUT2D eigenvalue weighted by molar-refractivity contribution is -0.141. The van der Waals surface area contributed by atoms with Gasteiger partial charge in [0.25, 0.3) is 0 Å². The standard InChI is InChI=1S/C10H18O3S/c1-13-10(12)3-2-8-4-6-14-7-5-9(8)11/h8-9,11H,2-7H2,1H3/t8-,9+/m0/s1. The first-order valence-corrected chi connectivity index (χ1v) is 6.22. The molecule has 0 aromatic rings. The van der Waals surface area contributed by atoms with Crippen molar-refractivity contribution in [3.63, 3.8) is 0 Å². The van der Waals surface area contributed by atoms with Crippen molar-refractivity contribution in [1.29, 1.82) is 0 Å². The van der Waals surface area contributed by atoms with E-state index >= 15 is 0 Å². The monoisotopic (exact) mass is 218 g/mol. The van der Waals surface area contributed by atoms with E-state index in [4.69, 9.17) is 0 Å². The predicted molar refractivity (Wildman–Crippen MR) is 57.3 cm³/mol. The van der Waals surface area contributed by atoms with Gasteiger partial charge in [-0.3, -0.25) is 4.79 Å². The molecule has 1 heterocycles. The van der Waals surface area contributed by atoms with Crippen LogP contribution in [0.2, 0.25) is 0 Å². The number of carbonyl (C=O) groups is 1. The molecular weight excluding hydrogens is 200 g/mol. The molecule has 0 unspecified atom stereocenters. The number of esters is 1. The maximum atomic E-state index is 10.9. The number of hydrogen-bond donors (Lipinski definition) is 1. The third-order valence-electron chi connectivity index (χ3n) is 2.68. The van der Waals surface area contributed by atoms with Crippen molar-refractivity contribution in [2.45, 2.75) is 31.8 Å². The van der Waals surface area contributed by atoms with Crippen molar-refractivity contribution in [2.75, 3.05) is 18.6 Å². The minimum atomic E-state index is -0.227. The van der Waals surface area contributed by atoms with Gasteiger partial charge < -0.3 is 9.84 Å². The maximum Gasteiger partial charge on any atom is 0.305 e. The highest BCUT2D eigenvalue weighted by Gasteiger charge is 2.22. The Morgan fingerprint density at radius 1 is 1.50 bits per heavy atom. The fraction of sp³-hybridized carbons (Fsp3) is 0.900. The van der Waals surface area contributed by atoms with E-state index in [1.165, 1.54) is 7.11 Å². The summed E-state index contributed by atoms with van der Waals surface area (Å²) in [6.45, 7) is 0. The zero-order valence-corrected chi connectivity index (χ0v) is 9.39. The van der Waals surface area contributed by atoms with E-state index in [1.807, 2.05) is 11.8 Å². The zero-order valence-electron chi connectivity index (χ0n) is 8.57. The summed E-state index contributed by atoms with van der Waals surface area (Å²) in [5, 5.41) is 9.77. The molecule has 0 bridgehead atoms. The molecule has 0 spiro atoms. The summed E-state index contributed by atoms with van der Waals surface area (Å²) in [6.07, 6.45) is 2.84. The Morgan fingerprint density at radius 3 is 2.93 bits per heavy atom. The minimum absolute atomic E-state index is 0.172. The molecule has 0 radical (unpaired) electrons. The normalized spacial score (nSPS) is 28.1. The van der Waals surface area contributed by atoms with Gasteiger partial charge in [-0.1, -0.05) is 0 Å². The van der Waals surface area contributed by atoms with E-state index in [2.05, 4.69) is 4.74 Å². The number of thioether (sulfide) groups is 1. The van der Waals surface area contributed by atoms with Gasteiger partial charge in [0.05, 0.1) is 13.2 Å². The Hall–Kier alpha value is -0.220. The summed E-state index contributed by atoms with van der Waals surface area (Å²) < 4.78 is 4.58. The zero-order chi connectivity index (χ0) is 10.4. The van der Waals surface area contributed by atoms with Gasteiger partial charge in [-0.25, -0.2) is 0 Å². The smallest absolute Gasteiger partial charge is 0.305 e. The first-order chi connectivity index (χ1) is 6.74. The highest BCUT2D eigenvalue weighted by Crippen LogP contribution is 2.26. The number of methoxy groups -OCH3 is 1. The second-order valence-electron chi connectivity index (χ2n) is 3.63. The van der Waals surface area contributed by atoms with Crippen LogP contribution in [0.15, 0.2) is 0 Å². The summed E-state index contributed by atoms with van der Waals surface area (Å²) in [6, 6.07) is 0. The van der Waals surface area contributed by atoms with Crippen LogP contribution < -0.4 is 0 Å². The molecule has 1 N–H and O–H groups in total. The lowest BCUT2D eigenvalue weighted by atomic mass is 9.93. The van der Waals surface area contributed by atoms with Crippen LogP contribution in [-0.2, 0) is 9.53 Å². The molecule has 0 aliphatic carbocycles. The summed E-state index contributed by atoms with van der Waals surface area (Å²) in [5.74, 6) is 2.25. The molecule has 1 saturated heterocycles. The van der Waals surface area contributed by atoms with E-state index in [0.717, 1.165) is 30.8 Å². The van der Waals surface area contributed by atoms with E-state index in [0.29, 0.717) is 6.42 Å². The number of ether oxygens (including phenoxy) is 1. The van der Waals surface area contributed by atoms with Crippen LogP contribution in [0, 0.1) is 5.92 Å². The molecule has 0 aromatic heterocycles. The van der Waals surface area contributed by atoms with Crippen molar-refractivity contribution >= 4 is 17.7 Å². The second-order valence-corrected chi connectivity index (χ2v) is 4.86. The number of hydrogen-bond acceptors (Lipinski definition) is 4. The van der Waals surface area contributed by atoms with Gasteiger partial charge in [0.15, 0.2) is 0 Å². The molecule has 3 nitrogen and oxygen atoms in total. The molecule has 4 heteroatoms. The fourth-order valence-electron chi connectivity index (χ4n) is 1.71. The lowest BCUT2D eigenvalue weighted by Crippen LogP contribution is -2.21. The number of carbonyl (C=O) groups excluding carboxylic acids is 1. The van der Waals surface area contributed by atoms with Gasteiger partial charge in [0.2, 0.25) is 0 Å². The molecule has 2 atom stereocenters. The van der Waals surface area contributed by atoms with Gasteiger partial charge in [-0.05, 0) is 36.7 Å². The Labute approximate surface area is 89.2 Å².